The average Bonchev–Trinajstić information content (AvgIpc) is 2.33. The Labute approximate surface area is 108 Å². The fourth-order valence-corrected chi connectivity index (χ4v) is 1.47. The first-order valence-corrected chi connectivity index (χ1v) is 5.70. The SMILES string of the molecule is CCCC(NC(=O)Nc1c(F)cccc1F)C(=O)O. The Balaban J connectivity index is 2.72. The topological polar surface area (TPSA) is 78.4 Å². The molecule has 0 radical (unpaired) electrons. The summed E-state index contributed by atoms with van der Waals surface area (Å²) in [6.07, 6.45) is 0.772. The van der Waals surface area contributed by atoms with Gasteiger partial charge in [0.1, 0.15) is 23.4 Å². The quantitative estimate of drug-likeness (QED) is 0.769. The van der Waals surface area contributed by atoms with Crippen molar-refractivity contribution in [1.82, 2.24) is 5.32 Å². The van der Waals surface area contributed by atoms with Crippen LogP contribution in [0.4, 0.5) is 19.3 Å². The number of carbonyl (C=O) groups excluding carboxylic acids is 1. The van der Waals surface area contributed by atoms with Crippen LogP contribution >= 0.6 is 0 Å². The smallest absolute Gasteiger partial charge is 0.326 e. The average molecular weight is 272 g/mol. The minimum atomic E-state index is -1.20. The molecule has 19 heavy (non-hydrogen) atoms. The van der Waals surface area contributed by atoms with E-state index in [4.69, 9.17) is 5.11 Å². The molecule has 1 unspecified atom stereocenters. The summed E-state index contributed by atoms with van der Waals surface area (Å²) in [4.78, 5) is 22.3. The summed E-state index contributed by atoms with van der Waals surface area (Å²) < 4.78 is 26.5. The standard InChI is InChI=1S/C12H14F2N2O3/c1-2-4-9(11(17)18)15-12(19)16-10-7(13)5-3-6-8(10)14/h3,5-6,9H,2,4H2,1H3,(H,17,18)(H2,15,16,19). The van der Waals surface area contributed by atoms with Crippen LogP contribution in [0, 0.1) is 11.6 Å². The number of aliphatic carboxylic acids is 1. The lowest BCUT2D eigenvalue weighted by Gasteiger charge is -2.14. The van der Waals surface area contributed by atoms with E-state index < -0.39 is 35.4 Å². The summed E-state index contributed by atoms with van der Waals surface area (Å²) >= 11 is 0. The Kier molecular flexibility index (Phi) is 5.23. The molecule has 0 aliphatic carbocycles. The van der Waals surface area contributed by atoms with E-state index in [1.807, 2.05) is 5.32 Å². The van der Waals surface area contributed by atoms with Crippen molar-refractivity contribution >= 4 is 17.7 Å². The number of para-hydroxylation sites is 1. The number of carboxylic acid groups (broad SMARTS) is 1. The number of halogens is 2. The van der Waals surface area contributed by atoms with Gasteiger partial charge in [0.2, 0.25) is 0 Å². The van der Waals surface area contributed by atoms with Crippen molar-refractivity contribution in [2.45, 2.75) is 25.8 Å². The second kappa shape index (κ2) is 6.67. The van der Waals surface area contributed by atoms with Crippen LogP contribution in [0.3, 0.4) is 0 Å². The maximum absolute atomic E-state index is 13.3. The highest BCUT2D eigenvalue weighted by atomic mass is 19.1. The van der Waals surface area contributed by atoms with Crippen molar-refractivity contribution in [3.8, 4) is 0 Å². The van der Waals surface area contributed by atoms with Crippen LogP contribution in [-0.2, 0) is 4.79 Å². The van der Waals surface area contributed by atoms with Crippen LogP contribution in [0.25, 0.3) is 0 Å². The fourth-order valence-electron chi connectivity index (χ4n) is 1.47. The third kappa shape index (κ3) is 4.20. The van der Waals surface area contributed by atoms with Gasteiger partial charge < -0.3 is 15.7 Å². The second-order valence-electron chi connectivity index (χ2n) is 3.87. The van der Waals surface area contributed by atoms with Gasteiger partial charge in [0.25, 0.3) is 0 Å². The molecule has 7 heteroatoms. The Morgan fingerprint density at radius 3 is 2.37 bits per heavy atom. The number of hydrogen-bond donors (Lipinski definition) is 3. The van der Waals surface area contributed by atoms with Gasteiger partial charge in [-0.25, -0.2) is 18.4 Å². The molecule has 0 spiro atoms. The van der Waals surface area contributed by atoms with Crippen molar-refractivity contribution in [3.05, 3.63) is 29.8 Å². The van der Waals surface area contributed by atoms with Crippen LogP contribution in [0.2, 0.25) is 0 Å². The molecular weight excluding hydrogens is 258 g/mol. The van der Waals surface area contributed by atoms with Gasteiger partial charge in [-0.1, -0.05) is 19.4 Å². The lowest BCUT2D eigenvalue weighted by atomic mass is 10.2. The summed E-state index contributed by atoms with van der Waals surface area (Å²) in [5, 5.41) is 12.9. The van der Waals surface area contributed by atoms with E-state index in [9.17, 15) is 18.4 Å². The molecule has 0 saturated carbocycles. The van der Waals surface area contributed by atoms with Gasteiger partial charge in [-0.15, -0.1) is 0 Å². The lowest BCUT2D eigenvalue weighted by Crippen LogP contribution is -2.43. The number of nitrogens with one attached hydrogen (secondary N) is 2. The van der Waals surface area contributed by atoms with Crippen LogP contribution in [0.15, 0.2) is 18.2 Å². The third-order valence-electron chi connectivity index (χ3n) is 2.38. The number of amides is 2. The number of urea groups is 1. The summed E-state index contributed by atoms with van der Waals surface area (Å²) in [6.45, 7) is 1.76. The maximum Gasteiger partial charge on any atom is 0.326 e. The number of carbonyl (C=O) groups is 2. The lowest BCUT2D eigenvalue weighted by molar-refractivity contribution is -0.139. The summed E-state index contributed by atoms with van der Waals surface area (Å²) in [6, 6.07) is 1.06. The van der Waals surface area contributed by atoms with Gasteiger partial charge in [0.15, 0.2) is 0 Å². The molecule has 0 heterocycles. The maximum atomic E-state index is 13.3. The molecule has 0 aromatic heterocycles. The van der Waals surface area contributed by atoms with E-state index in [0.717, 1.165) is 18.2 Å². The molecule has 3 N–H and O–H groups in total. The molecule has 1 aromatic rings. The zero-order chi connectivity index (χ0) is 14.4. The predicted octanol–water partition coefficient (Wildman–Crippen LogP) is 2.34. The van der Waals surface area contributed by atoms with Crippen molar-refractivity contribution in [1.29, 1.82) is 0 Å². The minimum Gasteiger partial charge on any atom is -0.480 e. The van der Waals surface area contributed by atoms with Gasteiger partial charge in [-0.05, 0) is 18.6 Å². The van der Waals surface area contributed by atoms with E-state index >= 15 is 0 Å². The van der Waals surface area contributed by atoms with Crippen LogP contribution in [0.5, 0.6) is 0 Å². The van der Waals surface area contributed by atoms with Crippen LogP contribution in [0.1, 0.15) is 19.8 Å². The third-order valence-corrected chi connectivity index (χ3v) is 2.38. The molecule has 1 atom stereocenters. The molecule has 104 valence electrons. The monoisotopic (exact) mass is 272 g/mol. The van der Waals surface area contributed by atoms with Gasteiger partial charge in [0, 0.05) is 0 Å². The van der Waals surface area contributed by atoms with E-state index in [-0.39, 0.29) is 6.42 Å². The first-order valence-electron chi connectivity index (χ1n) is 5.70. The molecule has 0 fully saturated rings. The fraction of sp³-hybridized carbons (Fsp3) is 0.333. The number of benzene rings is 1. The first kappa shape index (κ1) is 14.9. The summed E-state index contributed by atoms with van der Waals surface area (Å²) in [5.41, 5.74) is -0.611. The highest BCUT2D eigenvalue weighted by molar-refractivity contribution is 5.92. The molecule has 0 saturated heterocycles. The minimum absolute atomic E-state index is 0.225. The normalized spacial score (nSPS) is 11.7. The van der Waals surface area contributed by atoms with Crippen molar-refractivity contribution < 1.29 is 23.5 Å². The van der Waals surface area contributed by atoms with E-state index in [2.05, 4.69) is 5.32 Å². The van der Waals surface area contributed by atoms with Crippen molar-refractivity contribution in [3.63, 3.8) is 0 Å². The van der Waals surface area contributed by atoms with E-state index in [0.29, 0.717) is 6.42 Å². The summed E-state index contributed by atoms with van der Waals surface area (Å²) in [5.74, 6) is -3.07. The molecule has 0 aliphatic rings. The number of hydrogen-bond acceptors (Lipinski definition) is 2. The van der Waals surface area contributed by atoms with E-state index in [1.54, 1.807) is 6.92 Å². The van der Waals surface area contributed by atoms with Gasteiger partial charge >= 0.3 is 12.0 Å². The Hall–Kier alpha value is -2.18. The molecular formula is C12H14F2N2O3. The molecule has 0 bridgehead atoms. The Morgan fingerprint density at radius 2 is 1.89 bits per heavy atom. The molecule has 1 rings (SSSR count). The van der Waals surface area contributed by atoms with E-state index in [1.165, 1.54) is 0 Å². The zero-order valence-corrected chi connectivity index (χ0v) is 10.2. The van der Waals surface area contributed by atoms with Gasteiger partial charge in [-0.2, -0.15) is 0 Å². The number of anilines is 1. The van der Waals surface area contributed by atoms with Gasteiger partial charge in [0.05, 0.1) is 0 Å². The highest BCUT2D eigenvalue weighted by Gasteiger charge is 2.20. The molecule has 2 amide bonds. The molecule has 5 nitrogen and oxygen atoms in total. The Bertz CT molecular complexity index is 460. The van der Waals surface area contributed by atoms with Gasteiger partial charge in [-0.3, -0.25) is 0 Å². The predicted molar refractivity (Wildman–Crippen MR) is 64.8 cm³/mol. The first-order chi connectivity index (χ1) is 8.95. The number of rotatable bonds is 5. The van der Waals surface area contributed by atoms with Crippen LogP contribution < -0.4 is 10.6 Å². The second-order valence-corrected chi connectivity index (χ2v) is 3.87. The summed E-state index contributed by atoms with van der Waals surface area (Å²) in [7, 11) is 0. The number of carboxylic acids is 1. The highest BCUT2D eigenvalue weighted by Crippen LogP contribution is 2.17. The Morgan fingerprint density at radius 1 is 1.32 bits per heavy atom. The largest absolute Gasteiger partial charge is 0.480 e. The van der Waals surface area contributed by atoms with Crippen LogP contribution in [-0.4, -0.2) is 23.1 Å². The zero-order valence-electron chi connectivity index (χ0n) is 10.2. The van der Waals surface area contributed by atoms with Crippen molar-refractivity contribution in [2.75, 3.05) is 5.32 Å². The molecule has 0 aliphatic heterocycles. The molecule has 1 aromatic carbocycles. The van der Waals surface area contributed by atoms with Crippen molar-refractivity contribution in [2.24, 2.45) is 0 Å².